The molecule has 0 aromatic heterocycles. The van der Waals surface area contributed by atoms with Crippen molar-refractivity contribution in [2.45, 2.75) is 44.0 Å². The summed E-state index contributed by atoms with van der Waals surface area (Å²) in [5.74, 6) is 1.91. The van der Waals surface area contributed by atoms with Gasteiger partial charge in [-0.25, -0.2) is 0 Å². The molecule has 0 spiro atoms. The second kappa shape index (κ2) is 3.90. The molecule has 0 aromatic carbocycles. The molecule has 1 nitrogen and oxygen atoms in total. The van der Waals surface area contributed by atoms with Gasteiger partial charge in [-0.2, -0.15) is 11.8 Å². The summed E-state index contributed by atoms with van der Waals surface area (Å²) in [5, 5.41) is 0.701. The van der Waals surface area contributed by atoms with E-state index in [-0.39, 0.29) is 5.60 Å². The third-order valence-corrected chi connectivity index (χ3v) is 5.20. The van der Waals surface area contributed by atoms with Gasteiger partial charge in [0.05, 0.1) is 12.2 Å². The van der Waals surface area contributed by atoms with Gasteiger partial charge in [0.1, 0.15) is 0 Å². The molecule has 0 aromatic rings. The largest absolute Gasteiger partial charge is 0.373 e. The molecular weight excluding hydrogens is 192 g/mol. The van der Waals surface area contributed by atoms with Crippen molar-refractivity contribution in [2.24, 2.45) is 5.92 Å². The van der Waals surface area contributed by atoms with Crippen LogP contribution in [0, 0.1) is 5.92 Å². The summed E-state index contributed by atoms with van der Waals surface area (Å²) in [6.07, 6.45) is 3.75. The molecule has 0 N–H and O–H groups in total. The highest BCUT2D eigenvalue weighted by atomic mass is 32.2. The molecule has 0 radical (unpaired) electrons. The minimum absolute atomic E-state index is 0.162. The second-order valence-electron chi connectivity index (χ2n) is 4.84. The average molecular weight is 212 g/mol. The van der Waals surface area contributed by atoms with Crippen molar-refractivity contribution < 1.29 is 4.74 Å². The fourth-order valence-corrected chi connectivity index (χ4v) is 3.94. The summed E-state index contributed by atoms with van der Waals surface area (Å²) < 4.78 is 5.95. The van der Waals surface area contributed by atoms with Crippen LogP contribution in [-0.4, -0.2) is 23.2 Å². The van der Waals surface area contributed by atoms with Crippen molar-refractivity contribution >= 4 is 11.8 Å². The van der Waals surface area contributed by atoms with Gasteiger partial charge in [-0.15, -0.1) is 0 Å². The van der Waals surface area contributed by atoms with Crippen molar-refractivity contribution in [3.8, 4) is 0 Å². The fraction of sp³-hybridized carbons (Fsp3) is 0.833. The third kappa shape index (κ3) is 1.87. The number of fused-ring (bicyclic) bond motifs is 1. The lowest BCUT2D eigenvalue weighted by atomic mass is 9.77. The molecule has 1 saturated heterocycles. The Labute approximate surface area is 91.3 Å². The molecular formula is C12H20OS. The molecule has 1 aliphatic heterocycles. The first kappa shape index (κ1) is 10.6. The lowest BCUT2D eigenvalue weighted by molar-refractivity contribution is -0.0559. The Balaban J connectivity index is 2.05. The zero-order valence-electron chi connectivity index (χ0n) is 9.21. The Kier molecular flexibility index (Phi) is 2.94. The van der Waals surface area contributed by atoms with Crippen LogP contribution in [0.3, 0.4) is 0 Å². The van der Waals surface area contributed by atoms with E-state index in [1.165, 1.54) is 30.6 Å². The first-order valence-electron chi connectivity index (χ1n) is 5.53. The molecule has 1 aliphatic carbocycles. The predicted molar refractivity (Wildman–Crippen MR) is 62.8 cm³/mol. The van der Waals surface area contributed by atoms with E-state index < -0.39 is 0 Å². The molecule has 2 rings (SSSR count). The van der Waals surface area contributed by atoms with E-state index >= 15 is 0 Å². The number of rotatable bonds is 1. The van der Waals surface area contributed by atoms with Gasteiger partial charge in [-0.3, -0.25) is 0 Å². The quantitative estimate of drug-likeness (QED) is 0.617. The summed E-state index contributed by atoms with van der Waals surface area (Å²) >= 11 is 2.10. The van der Waals surface area contributed by atoms with E-state index in [2.05, 4.69) is 32.2 Å². The van der Waals surface area contributed by atoms with Gasteiger partial charge < -0.3 is 4.74 Å². The smallest absolute Gasteiger partial charge is 0.0773 e. The van der Waals surface area contributed by atoms with Gasteiger partial charge >= 0.3 is 0 Å². The zero-order chi connectivity index (χ0) is 10.2. The Bertz CT molecular complexity index is 238. The van der Waals surface area contributed by atoms with Crippen molar-refractivity contribution in [1.82, 2.24) is 0 Å². The van der Waals surface area contributed by atoms with Crippen LogP contribution in [0.5, 0.6) is 0 Å². The minimum Gasteiger partial charge on any atom is -0.373 e. The highest BCUT2D eigenvalue weighted by Crippen LogP contribution is 2.45. The Hall–Kier alpha value is 0.0500. The molecule has 3 atom stereocenters. The number of ether oxygens (including phenoxy) is 1. The molecule has 2 heteroatoms. The van der Waals surface area contributed by atoms with E-state index in [1.54, 1.807) is 0 Å². The highest BCUT2D eigenvalue weighted by Gasteiger charge is 2.43. The first-order chi connectivity index (χ1) is 6.62. The van der Waals surface area contributed by atoms with Crippen molar-refractivity contribution in [1.29, 1.82) is 0 Å². The average Bonchev–Trinajstić information content (AvgIpc) is 2.16. The standard InChI is InChI=1S/C12H20OS/c1-9(2)10-4-5-12(3)11(8-10)14-7-6-13-12/h10-11H,1,4-8H2,2-3H3/t10-,11+,12+/m0/s1. The number of hydrogen-bond donors (Lipinski definition) is 0. The summed E-state index contributed by atoms with van der Waals surface area (Å²) in [6, 6.07) is 0. The van der Waals surface area contributed by atoms with E-state index in [0.717, 1.165) is 12.5 Å². The Morgan fingerprint density at radius 1 is 1.57 bits per heavy atom. The number of allylic oxidation sites excluding steroid dienone is 1. The normalized spacial score (nSPS) is 43.0. The summed E-state index contributed by atoms with van der Waals surface area (Å²) in [6.45, 7) is 9.49. The van der Waals surface area contributed by atoms with Gasteiger partial charge in [0.2, 0.25) is 0 Å². The van der Waals surface area contributed by atoms with E-state index in [4.69, 9.17) is 4.74 Å². The molecule has 14 heavy (non-hydrogen) atoms. The van der Waals surface area contributed by atoms with Crippen molar-refractivity contribution in [3.63, 3.8) is 0 Å². The van der Waals surface area contributed by atoms with Crippen LogP contribution in [0.1, 0.15) is 33.1 Å². The monoisotopic (exact) mass is 212 g/mol. The van der Waals surface area contributed by atoms with Gasteiger partial charge in [0, 0.05) is 11.0 Å². The first-order valence-corrected chi connectivity index (χ1v) is 6.58. The summed E-state index contributed by atoms with van der Waals surface area (Å²) in [7, 11) is 0. The van der Waals surface area contributed by atoms with Gasteiger partial charge in [-0.1, -0.05) is 12.2 Å². The fourth-order valence-electron chi connectivity index (χ4n) is 2.57. The van der Waals surface area contributed by atoms with E-state index in [9.17, 15) is 0 Å². The topological polar surface area (TPSA) is 9.23 Å². The van der Waals surface area contributed by atoms with Crippen LogP contribution >= 0.6 is 11.8 Å². The van der Waals surface area contributed by atoms with Crippen LogP contribution in [0.4, 0.5) is 0 Å². The van der Waals surface area contributed by atoms with Gasteiger partial charge in [0.15, 0.2) is 0 Å². The van der Waals surface area contributed by atoms with Crippen molar-refractivity contribution in [2.75, 3.05) is 12.4 Å². The van der Waals surface area contributed by atoms with Gasteiger partial charge in [-0.05, 0) is 39.0 Å². The molecule has 80 valence electrons. The molecule has 1 saturated carbocycles. The van der Waals surface area contributed by atoms with Crippen LogP contribution in [0.25, 0.3) is 0 Å². The molecule has 2 fully saturated rings. The van der Waals surface area contributed by atoms with E-state index in [1.807, 2.05) is 0 Å². The molecule has 0 amide bonds. The third-order valence-electron chi connectivity index (χ3n) is 3.70. The van der Waals surface area contributed by atoms with Crippen LogP contribution in [-0.2, 0) is 4.74 Å². The molecule has 2 aliphatic rings. The molecule has 0 unspecified atom stereocenters. The van der Waals surface area contributed by atoms with Gasteiger partial charge in [0.25, 0.3) is 0 Å². The predicted octanol–water partition coefficient (Wildman–Crippen LogP) is 3.25. The lowest BCUT2D eigenvalue weighted by Crippen LogP contribution is -2.48. The number of hydrogen-bond acceptors (Lipinski definition) is 2. The molecule has 0 bridgehead atoms. The lowest BCUT2D eigenvalue weighted by Gasteiger charge is -2.46. The van der Waals surface area contributed by atoms with Crippen LogP contribution < -0.4 is 0 Å². The SMILES string of the molecule is C=C(C)[C@H]1CC[C@@]2(C)OCCS[C@@H]2C1. The zero-order valence-corrected chi connectivity index (χ0v) is 10.0. The highest BCUT2D eigenvalue weighted by molar-refractivity contribution is 8.00. The van der Waals surface area contributed by atoms with E-state index in [0.29, 0.717) is 5.25 Å². The Morgan fingerprint density at radius 3 is 3.07 bits per heavy atom. The Morgan fingerprint density at radius 2 is 2.36 bits per heavy atom. The summed E-state index contributed by atoms with van der Waals surface area (Å²) in [4.78, 5) is 0. The maximum absolute atomic E-state index is 5.95. The second-order valence-corrected chi connectivity index (χ2v) is 6.15. The van der Waals surface area contributed by atoms with Crippen LogP contribution in [0.2, 0.25) is 0 Å². The summed E-state index contributed by atoms with van der Waals surface area (Å²) in [5.41, 5.74) is 1.52. The minimum atomic E-state index is 0.162. The van der Waals surface area contributed by atoms with Crippen LogP contribution in [0.15, 0.2) is 12.2 Å². The number of thioether (sulfide) groups is 1. The maximum atomic E-state index is 5.95. The van der Waals surface area contributed by atoms with Crippen molar-refractivity contribution in [3.05, 3.63) is 12.2 Å². The molecule has 1 heterocycles. The maximum Gasteiger partial charge on any atom is 0.0773 e.